The Labute approximate surface area is 55.7 Å². The number of hydrogen-bond donors (Lipinski definition) is 0. The van der Waals surface area contributed by atoms with Crippen LogP contribution in [-0.2, 0) is 9.53 Å². The first-order chi connectivity index (χ1) is 3.41. The molecule has 7 heavy (non-hydrogen) atoms. The van der Waals surface area contributed by atoms with Crippen molar-refractivity contribution in [1.82, 2.24) is 0 Å². The van der Waals surface area contributed by atoms with Crippen molar-refractivity contribution in [2.75, 3.05) is 6.61 Å². The van der Waals surface area contributed by atoms with E-state index in [-0.39, 0.29) is 0 Å². The predicted molar refractivity (Wildman–Crippen MR) is 35.2 cm³/mol. The molecule has 0 aliphatic rings. The first-order valence-electron chi connectivity index (χ1n) is 1.72. The van der Waals surface area contributed by atoms with Crippen LogP contribution in [-0.4, -0.2) is 13.1 Å². The third-order valence-electron chi connectivity index (χ3n) is 0.350. The van der Waals surface area contributed by atoms with E-state index in [9.17, 15) is 4.79 Å². The largest absolute Gasteiger partial charge is 0.464 e. The maximum atomic E-state index is 9.42. The molecule has 0 spiro atoms. The molecule has 0 aromatic carbocycles. The van der Waals surface area contributed by atoms with Crippen molar-refractivity contribution in [2.24, 2.45) is 0 Å². The van der Waals surface area contributed by atoms with Gasteiger partial charge in [-0.2, -0.15) is 0 Å². The van der Waals surface area contributed by atoms with Crippen LogP contribution in [0.25, 0.3) is 0 Å². The number of rotatable bonds is 3. The normalized spacial score (nSPS) is 9.29. The average Bonchev–Trinajstić information content (AvgIpc) is 1.69. The van der Waals surface area contributed by atoms with Gasteiger partial charge in [-0.25, -0.2) is 0 Å². The van der Waals surface area contributed by atoms with Gasteiger partial charge in [0.2, 0.25) is 0 Å². The zero-order chi connectivity index (χ0) is 5.54. The lowest BCUT2D eigenvalue weighted by atomic mass is 10.7. The Morgan fingerprint density at radius 1 is 1.71 bits per heavy atom. The second-order valence-electron chi connectivity index (χ2n) is 0.791. The Hall–Kier alpha value is -0.0600. The van der Waals surface area contributed by atoms with Crippen molar-refractivity contribution < 1.29 is 9.53 Å². The lowest BCUT2D eigenvalue weighted by Crippen LogP contribution is -1.83. The molecule has 0 radical (unpaired) electrons. The molecule has 0 bridgehead atoms. The van der Waals surface area contributed by atoms with Gasteiger partial charge in [0.1, 0.15) is 6.61 Å². The topological polar surface area (TPSA) is 26.3 Å². The fourth-order valence-electron chi connectivity index (χ4n) is 0.131. The predicted octanol–water partition coefficient (Wildman–Crippen LogP) is 1.11. The van der Waals surface area contributed by atoms with Crippen molar-refractivity contribution >= 4 is 29.1 Å². The molecule has 0 unspecified atom stereocenters. The standard InChI is InChI=1S/C4H5IO2/c5-2-1-3-7-4-6/h1-2,4H,3H2. The van der Waals surface area contributed by atoms with Crippen LogP contribution in [0.5, 0.6) is 0 Å². The Morgan fingerprint density at radius 3 is 2.86 bits per heavy atom. The molecule has 2 nitrogen and oxygen atoms in total. The minimum absolute atomic E-state index is 0.381. The van der Waals surface area contributed by atoms with Gasteiger partial charge in [0.25, 0.3) is 6.47 Å². The molecule has 0 saturated carbocycles. The van der Waals surface area contributed by atoms with Gasteiger partial charge in [0, 0.05) is 0 Å². The fraction of sp³-hybridized carbons (Fsp3) is 0.250. The van der Waals surface area contributed by atoms with Crippen LogP contribution in [0.1, 0.15) is 0 Å². The lowest BCUT2D eigenvalue weighted by Gasteiger charge is -1.83. The highest BCUT2D eigenvalue weighted by atomic mass is 127. The highest BCUT2D eigenvalue weighted by Gasteiger charge is 1.69. The van der Waals surface area contributed by atoms with Crippen LogP contribution >= 0.6 is 22.6 Å². The van der Waals surface area contributed by atoms with Gasteiger partial charge < -0.3 is 4.74 Å². The second-order valence-corrected chi connectivity index (χ2v) is 1.51. The molecule has 0 aromatic heterocycles. The summed E-state index contributed by atoms with van der Waals surface area (Å²) >= 11 is 2.05. The van der Waals surface area contributed by atoms with E-state index in [1.54, 1.807) is 10.2 Å². The number of carbonyl (C=O) groups excluding carboxylic acids is 1. The van der Waals surface area contributed by atoms with E-state index in [4.69, 9.17) is 0 Å². The Balaban J connectivity index is 2.82. The van der Waals surface area contributed by atoms with E-state index >= 15 is 0 Å². The van der Waals surface area contributed by atoms with Gasteiger partial charge >= 0.3 is 0 Å². The molecule has 0 atom stereocenters. The van der Waals surface area contributed by atoms with Gasteiger partial charge in [-0.3, -0.25) is 4.79 Å². The SMILES string of the molecule is O=COCC=CI. The maximum absolute atomic E-state index is 9.42. The number of hydrogen-bond acceptors (Lipinski definition) is 2. The minimum atomic E-state index is 0.381. The molecule has 0 fully saturated rings. The summed E-state index contributed by atoms with van der Waals surface area (Å²) in [4.78, 5) is 9.42. The molecule has 40 valence electrons. The molecule has 0 rings (SSSR count). The summed E-state index contributed by atoms with van der Waals surface area (Å²) in [5.41, 5.74) is 0. The smallest absolute Gasteiger partial charge is 0.293 e. The monoisotopic (exact) mass is 212 g/mol. The highest BCUT2D eigenvalue weighted by molar-refractivity contribution is 14.1. The summed E-state index contributed by atoms with van der Waals surface area (Å²) < 4.78 is 6.09. The molecule has 0 amide bonds. The number of ether oxygens (including phenoxy) is 1. The van der Waals surface area contributed by atoms with Crippen LogP contribution in [0.15, 0.2) is 10.2 Å². The van der Waals surface area contributed by atoms with Crippen LogP contribution in [0, 0.1) is 0 Å². The summed E-state index contributed by atoms with van der Waals surface area (Å²) in [6.45, 7) is 0.809. The summed E-state index contributed by atoms with van der Waals surface area (Å²) in [6, 6.07) is 0. The third-order valence-corrected chi connectivity index (χ3v) is 0.858. The van der Waals surface area contributed by atoms with E-state index < -0.39 is 0 Å². The maximum Gasteiger partial charge on any atom is 0.293 e. The van der Waals surface area contributed by atoms with Crippen LogP contribution in [0.4, 0.5) is 0 Å². The van der Waals surface area contributed by atoms with Gasteiger partial charge in [-0.1, -0.05) is 22.6 Å². The molecule has 0 saturated heterocycles. The summed E-state index contributed by atoms with van der Waals surface area (Å²) in [5, 5.41) is 0. The van der Waals surface area contributed by atoms with E-state index in [0.717, 1.165) is 0 Å². The summed E-state index contributed by atoms with van der Waals surface area (Å²) in [5.74, 6) is 0. The molecule has 0 aliphatic heterocycles. The second kappa shape index (κ2) is 5.94. The number of halogens is 1. The van der Waals surface area contributed by atoms with Crippen LogP contribution in [0.3, 0.4) is 0 Å². The molecule has 0 N–H and O–H groups in total. The van der Waals surface area contributed by atoms with Gasteiger partial charge in [-0.05, 0) is 10.2 Å². The van der Waals surface area contributed by atoms with E-state index in [2.05, 4.69) is 27.3 Å². The van der Waals surface area contributed by atoms with E-state index in [1.165, 1.54) is 0 Å². The zero-order valence-electron chi connectivity index (χ0n) is 3.63. The molecular formula is C4H5IO2. The van der Waals surface area contributed by atoms with Crippen molar-refractivity contribution in [3.05, 3.63) is 10.2 Å². The first kappa shape index (κ1) is 6.94. The van der Waals surface area contributed by atoms with Crippen LogP contribution in [0.2, 0.25) is 0 Å². The lowest BCUT2D eigenvalue weighted by molar-refractivity contribution is -0.127. The Kier molecular flexibility index (Phi) is 5.89. The molecule has 0 aliphatic carbocycles. The summed E-state index contributed by atoms with van der Waals surface area (Å²) in [6.07, 6.45) is 1.74. The average molecular weight is 212 g/mol. The van der Waals surface area contributed by atoms with Gasteiger partial charge in [-0.15, -0.1) is 0 Å². The fourth-order valence-corrected chi connectivity index (χ4v) is 0.339. The number of carbonyl (C=O) groups is 1. The first-order valence-corrected chi connectivity index (χ1v) is 2.97. The molecular weight excluding hydrogens is 207 g/mol. The summed E-state index contributed by atoms with van der Waals surface area (Å²) in [7, 11) is 0. The molecule has 0 aromatic rings. The van der Waals surface area contributed by atoms with Gasteiger partial charge in [0.15, 0.2) is 0 Å². The van der Waals surface area contributed by atoms with Crippen molar-refractivity contribution in [3.63, 3.8) is 0 Å². The molecule has 0 heterocycles. The Bertz CT molecular complexity index is 70.1. The quantitative estimate of drug-likeness (QED) is 0.398. The molecule has 3 heteroatoms. The third kappa shape index (κ3) is 5.94. The van der Waals surface area contributed by atoms with Crippen molar-refractivity contribution in [2.45, 2.75) is 0 Å². The zero-order valence-corrected chi connectivity index (χ0v) is 5.79. The van der Waals surface area contributed by atoms with E-state index in [1.807, 2.05) is 0 Å². The highest BCUT2D eigenvalue weighted by Crippen LogP contribution is 1.81. The van der Waals surface area contributed by atoms with E-state index in [0.29, 0.717) is 13.1 Å². The van der Waals surface area contributed by atoms with Crippen molar-refractivity contribution in [1.29, 1.82) is 0 Å². The minimum Gasteiger partial charge on any atom is -0.464 e. The van der Waals surface area contributed by atoms with Crippen molar-refractivity contribution in [3.8, 4) is 0 Å². The Morgan fingerprint density at radius 2 is 2.43 bits per heavy atom. The van der Waals surface area contributed by atoms with Gasteiger partial charge in [0.05, 0.1) is 0 Å². The van der Waals surface area contributed by atoms with Crippen LogP contribution < -0.4 is 0 Å².